The lowest BCUT2D eigenvalue weighted by atomic mass is 10.1. The molecule has 1 amide bonds. The number of fused-ring (bicyclic) bond motifs is 1. The van der Waals surface area contributed by atoms with Gasteiger partial charge in [-0.1, -0.05) is 6.07 Å². The van der Waals surface area contributed by atoms with Gasteiger partial charge >= 0.3 is 0 Å². The van der Waals surface area contributed by atoms with Gasteiger partial charge in [0.25, 0.3) is 5.91 Å². The third-order valence-corrected chi connectivity index (χ3v) is 3.09. The van der Waals surface area contributed by atoms with Gasteiger partial charge in [-0.25, -0.2) is 0 Å². The van der Waals surface area contributed by atoms with Gasteiger partial charge < -0.3 is 10.3 Å². The number of rotatable bonds is 2. The molecule has 0 bridgehead atoms. The van der Waals surface area contributed by atoms with Crippen molar-refractivity contribution in [1.29, 1.82) is 5.26 Å². The predicted octanol–water partition coefficient (Wildman–Crippen LogP) is 3.29. The van der Waals surface area contributed by atoms with Crippen molar-refractivity contribution in [3.05, 3.63) is 65.9 Å². The minimum Gasteiger partial charge on any atom is -0.361 e. The topological polar surface area (TPSA) is 68.7 Å². The van der Waals surface area contributed by atoms with Gasteiger partial charge in [0.05, 0.1) is 11.6 Å². The Balaban J connectivity index is 1.82. The monoisotopic (exact) mass is 261 g/mol. The van der Waals surface area contributed by atoms with Gasteiger partial charge in [-0.15, -0.1) is 0 Å². The van der Waals surface area contributed by atoms with Gasteiger partial charge in [0, 0.05) is 23.0 Å². The summed E-state index contributed by atoms with van der Waals surface area (Å²) in [4.78, 5) is 15.2. The number of hydrogen-bond donors (Lipinski definition) is 2. The molecule has 4 nitrogen and oxygen atoms in total. The Kier molecular flexibility index (Phi) is 2.94. The molecule has 1 aromatic heterocycles. The average Bonchev–Trinajstić information content (AvgIpc) is 2.95. The maximum absolute atomic E-state index is 12.1. The van der Waals surface area contributed by atoms with Crippen molar-refractivity contribution in [3.8, 4) is 6.07 Å². The predicted molar refractivity (Wildman–Crippen MR) is 77.4 cm³/mol. The highest BCUT2D eigenvalue weighted by atomic mass is 16.1. The van der Waals surface area contributed by atoms with Crippen LogP contribution in [0, 0.1) is 11.3 Å². The zero-order valence-corrected chi connectivity index (χ0v) is 10.6. The second-order valence-electron chi connectivity index (χ2n) is 4.42. The quantitative estimate of drug-likeness (QED) is 0.743. The van der Waals surface area contributed by atoms with E-state index in [2.05, 4.69) is 10.3 Å². The molecule has 0 unspecified atom stereocenters. The molecule has 1 heterocycles. The van der Waals surface area contributed by atoms with Crippen LogP contribution in [0.25, 0.3) is 10.9 Å². The summed E-state index contributed by atoms with van der Waals surface area (Å²) < 4.78 is 0. The second-order valence-corrected chi connectivity index (χ2v) is 4.42. The number of nitriles is 1. The van der Waals surface area contributed by atoms with Crippen molar-refractivity contribution >= 4 is 22.5 Å². The van der Waals surface area contributed by atoms with Crippen molar-refractivity contribution in [2.24, 2.45) is 0 Å². The van der Waals surface area contributed by atoms with E-state index in [0.717, 1.165) is 10.9 Å². The summed E-state index contributed by atoms with van der Waals surface area (Å²) in [5, 5.41) is 12.6. The molecule has 0 saturated carbocycles. The first-order chi connectivity index (χ1) is 9.76. The molecule has 0 saturated heterocycles. The Morgan fingerprint density at radius 3 is 2.65 bits per heavy atom. The van der Waals surface area contributed by atoms with Gasteiger partial charge in [0.1, 0.15) is 0 Å². The molecule has 0 atom stereocenters. The van der Waals surface area contributed by atoms with E-state index in [-0.39, 0.29) is 5.91 Å². The van der Waals surface area contributed by atoms with Crippen molar-refractivity contribution in [3.63, 3.8) is 0 Å². The lowest BCUT2D eigenvalue weighted by molar-refractivity contribution is 0.102. The minimum absolute atomic E-state index is 0.175. The summed E-state index contributed by atoms with van der Waals surface area (Å²) in [5.41, 5.74) is 2.75. The molecule has 0 fully saturated rings. The smallest absolute Gasteiger partial charge is 0.255 e. The number of carbonyl (C=O) groups excluding carboxylic acids is 1. The van der Waals surface area contributed by atoms with Crippen LogP contribution >= 0.6 is 0 Å². The molecular weight excluding hydrogens is 250 g/mol. The first-order valence-corrected chi connectivity index (χ1v) is 6.15. The van der Waals surface area contributed by atoms with Gasteiger partial charge in [0.15, 0.2) is 0 Å². The number of hydrogen-bond acceptors (Lipinski definition) is 2. The number of H-pyrrole nitrogens is 1. The van der Waals surface area contributed by atoms with Crippen LogP contribution in [0.5, 0.6) is 0 Å². The molecule has 3 aromatic rings. The van der Waals surface area contributed by atoms with Crippen molar-refractivity contribution in [2.45, 2.75) is 0 Å². The highest BCUT2D eigenvalue weighted by molar-refractivity contribution is 6.06. The third-order valence-electron chi connectivity index (χ3n) is 3.09. The van der Waals surface area contributed by atoms with Crippen LogP contribution in [0.4, 0.5) is 5.69 Å². The van der Waals surface area contributed by atoms with E-state index in [1.54, 1.807) is 30.3 Å². The largest absolute Gasteiger partial charge is 0.361 e. The number of nitrogens with zero attached hydrogens (tertiary/aromatic N) is 1. The molecule has 0 aliphatic rings. The highest BCUT2D eigenvalue weighted by Crippen LogP contribution is 2.16. The van der Waals surface area contributed by atoms with E-state index in [4.69, 9.17) is 5.26 Å². The molecule has 96 valence electrons. The molecule has 20 heavy (non-hydrogen) atoms. The molecule has 0 aliphatic carbocycles. The summed E-state index contributed by atoms with van der Waals surface area (Å²) in [6, 6.07) is 16.3. The van der Waals surface area contributed by atoms with Gasteiger partial charge in [0.2, 0.25) is 0 Å². The number of amides is 1. The molecule has 0 aliphatic heterocycles. The summed E-state index contributed by atoms with van der Waals surface area (Å²) in [6.07, 6.45) is 1.84. The van der Waals surface area contributed by atoms with Gasteiger partial charge in [-0.05, 0) is 47.9 Å². The molecule has 0 spiro atoms. The molecule has 2 aromatic carbocycles. The normalized spacial score (nSPS) is 10.2. The fourth-order valence-electron chi connectivity index (χ4n) is 2.02. The van der Waals surface area contributed by atoms with Crippen molar-refractivity contribution in [2.75, 3.05) is 5.32 Å². The Morgan fingerprint density at radius 2 is 1.90 bits per heavy atom. The highest BCUT2D eigenvalue weighted by Gasteiger charge is 2.07. The maximum Gasteiger partial charge on any atom is 0.255 e. The van der Waals surface area contributed by atoms with Crippen LogP contribution in [-0.4, -0.2) is 10.9 Å². The fourth-order valence-corrected chi connectivity index (χ4v) is 2.02. The third kappa shape index (κ3) is 2.25. The van der Waals surface area contributed by atoms with Crippen LogP contribution < -0.4 is 5.32 Å². The standard InChI is InChI=1S/C16H11N3O/c17-10-11-1-5-14(6-2-11)19-16(20)13-4-3-12-7-8-18-15(12)9-13/h1-9,18H,(H,19,20). The first kappa shape index (κ1) is 12.0. The fraction of sp³-hybridized carbons (Fsp3) is 0. The molecule has 2 N–H and O–H groups in total. The summed E-state index contributed by atoms with van der Waals surface area (Å²) >= 11 is 0. The van der Waals surface area contributed by atoms with Crippen LogP contribution in [-0.2, 0) is 0 Å². The number of anilines is 1. The van der Waals surface area contributed by atoms with Gasteiger partial charge in [-0.3, -0.25) is 4.79 Å². The Labute approximate surface area is 115 Å². The van der Waals surface area contributed by atoms with Gasteiger partial charge in [-0.2, -0.15) is 5.26 Å². The lowest BCUT2D eigenvalue weighted by Gasteiger charge is -2.05. The van der Waals surface area contributed by atoms with Crippen LogP contribution in [0.3, 0.4) is 0 Å². The number of aromatic amines is 1. The zero-order chi connectivity index (χ0) is 13.9. The minimum atomic E-state index is -0.175. The first-order valence-electron chi connectivity index (χ1n) is 6.15. The Hall–Kier alpha value is -3.06. The maximum atomic E-state index is 12.1. The van der Waals surface area contributed by atoms with Crippen LogP contribution in [0.2, 0.25) is 0 Å². The van der Waals surface area contributed by atoms with Crippen LogP contribution in [0.1, 0.15) is 15.9 Å². The summed E-state index contributed by atoms with van der Waals surface area (Å²) in [7, 11) is 0. The van der Waals surface area contributed by atoms with Crippen LogP contribution in [0.15, 0.2) is 54.7 Å². The van der Waals surface area contributed by atoms with E-state index in [1.165, 1.54) is 0 Å². The Bertz CT molecular complexity index is 810. The van der Waals surface area contributed by atoms with E-state index in [9.17, 15) is 4.79 Å². The van der Waals surface area contributed by atoms with E-state index >= 15 is 0 Å². The number of carbonyl (C=O) groups is 1. The molecular formula is C16H11N3O. The Morgan fingerprint density at radius 1 is 1.10 bits per heavy atom. The van der Waals surface area contributed by atoms with E-state index in [1.807, 2.05) is 30.5 Å². The van der Waals surface area contributed by atoms with E-state index in [0.29, 0.717) is 16.8 Å². The second kappa shape index (κ2) is 4.90. The summed E-state index contributed by atoms with van der Waals surface area (Å²) in [5.74, 6) is -0.175. The zero-order valence-electron chi connectivity index (χ0n) is 10.6. The van der Waals surface area contributed by atoms with Crippen molar-refractivity contribution in [1.82, 2.24) is 4.98 Å². The van der Waals surface area contributed by atoms with E-state index < -0.39 is 0 Å². The summed E-state index contributed by atoms with van der Waals surface area (Å²) in [6.45, 7) is 0. The lowest BCUT2D eigenvalue weighted by Crippen LogP contribution is -2.11. The number of aromatic nitrogens is 1. The molecule has 4 heteroatoms. The number of benzene rings is 2. The SMILES string of the molecule is N#Cc1ccc(NC(=O)c2ccc3cc[nH]c3c2)cc1. The molecule has 3 rings (SSSR count). The van der Waals surface area contributed by atoms with Crippen molar-refractivity contribution < 1.29 is 4.79 Å². The average molecular weight is 261 g/mol. The molecule has 0 radical (unpaired) electrons. The number of nitrogens with one attached hydrogen (secondary N) is 2.